The first-order valence-electron chi connectivity index (χ1n) is 7.14. The molecule has 3 nitrogen and oxygen atoms in total. The zero-order valence-corrected chi connectivity index (χ0v) is 12.6. The SMILES string of the molecule is CCCCCCCC=CC(=O)N(C)CCN(C)C. The molecule has 0 aliphatic rings. The highest BCUT2D eigenvalue weighted by atomic mass is 16.2. The molecule has 0 aromatic carbocycles. The quantitative estimate of drug-likeness (QED) is 0.442. The van der Waals surface area contributed by atoms with Crippen LogP contribution in [0.5, 0.6) is 0 Å². The molecule has 0 aliphatic heterocycles. The maximum atomic E-state index is 11.7. The van der Waals surface area contributed by atoms with Gasteiger partial charge in [0.1, 0.15) is 0 Å². The zero-order valence-electron chi connectivity index (χ0n) is 12.6. The van der Waals surface area contributed by atoms with Crippen molar-refractivity contribution in [3.05, 3.63) is 12.2 Å². The van der Waals surface area contributed by atoms with E-state index < -0.39 is 0 Å². The largest absolute Gasteiger partial charge is 0.341 e. The lowest BCUT2D eigenvalue weighted by Gasteiger charge is -2.17. The highest BCUT2D eigenvalue weighted by molar-refractivity contribution is 5.87. The fraction of sp³-hybridized carbons (Fsp3) is 0.800. The van der Waals surface area contributed by atoms with E-state index in [2.05, 4.69) is 11.8 Å². The molecule has 106 valence electrons. The van der Waals surface area contributed by atoms with Gasteiger partial charge in [-0.2, -0.15) is 0 Å². The number of rotatable bonds is 10. The minimum atomic E-state index is 0.116. The van der Waals surface area contributed by atoms with Crippen LogP contribution >= 0.6 is 0 Å². The Hall–Kier alpha value is -0.830. The molecule has 0 saturated carbocycles. The van der Waals surface area contributed by atoms with Gasteiger partial charge >= 0.3 is 0 Å². The summed E-state index contributed by atoms with van der Waals surface area (Å²) in [5.41, 5.74) is 0. The second kappa shape index (κ2) is 11.3. The Morgan fingerprint density at radius 2 is 1.67 bits per heavy atom. The van der Waals surface area contributed by atoms with Gasteiger partial charge in [-0.05, 0) is 33.0 Å². The third-order valence-electron chi connectivity index (χ3n) is 2.99. The molecule has 0 heterocycles. The molecule has 0 rings (SSSR count). The maximum absolute atomic E-state index is 11.7. The number of hydrogen-bond donors (Lipinski definition) is 0. The van der Waals surface area contributed by atoms with Gasteiger partial charge in [0.05, 0.1) is 0 Å². The van der Waals surface area contributed by atoms with Crippen molar-refractivity contribution < 1.29 is 4.79 Å². The minimum Gasteiger partial charge on any atom is -0.341 e. The van der Waals surface area contributed by atoms with Crippen LogP contribution in [0.1, 0.15) is 45.4 Å². The van der Waals surface area contributed by atoms with Crippen LogP contribution in [0.3, 0.4) is 0 Å². The fourth-order valence-corrected chi connectivity index (χ4v) is 1.64. The van der Waals surface area contributed by atoms with E-state index in [4.69, 9.17) is 0 Å². The molecular weight excluding hydrogens is 224 g/mol. The minimum absolute atomic E-state index is 0.116. The van der Waals surface area contributed by atoms with Crippen LogP contribution in [-0.4, -0.2) is 49.9 Å². The van der Waals surface area contributed by atoms with Crippen molar-refractivity contribution in [3.63, 3.8) is 0 Å². The molecule has 0 radical (unpaired) electrons. The third kappa shape index (κ3) is 10.3. The molecule has 18 heavy (non-hydrogen) atoms. The van der Waals surface area contributed by atoms with Gasteiger partial charge in [0.15, 0.2) is 0 Å². The molecule has 0 bridgehead atoms. The summed E-state index contributed by atoms with van der Waals surface area (Å²) in [5.74, 6) is 0.116. The third-order valence-corrected chi connectivity index (χ3v) is 2.99. The van der Waals surface area contributed by atoms with Gasteiger partial charge in [0.25, 0.3) is 0 Å². The lowest BCUT2D eigenvalue weighted by atomic mass is 10.1. The second-order valence-corrected chi connectivity index (χ2v) is 5.17. The smallest absolute Gasteiger partial charge is 0.246 e. The van der Waals surface area contributed by atoms with Gasteiger partial charge < -0.3 is 9.80 Å². The second-order valence-electron chi connectivity index (χ2n) is 5.17. The van der Waals surface area contributed by atoms with Gasteiger partial charge in [-0.25, -0.2) is 0 Å². The molecule has 0 aromatic rings. The van der Waals surface area contributed by atoms with Gasteiger partial charge in [0.2, 0.25) is 5.91 Å². The Morgan fingerprint density at radius 3 is 2.28 bits per heavy atom. The fourth-order valence-electron chi connectivity index (χ4n) is 1.64. The van der Waals surface area contributed by atoms with E-state index in [1.54, 1.807) is 11.0 Å². The average Bonchev–Trinajstić information content (AvgIpc) is 2.34. The van der Waals surface area contributed by atoms with Crippen LogP contribution in [0.4, 0.5) is 0 Å². The highest BCUT2D eigenvalue weighted by Gasteiger charge is 2.03. The molecule has 0 unspecified atom stereocenters. The number of hydrogen-bond acceptors (Lipinski definition) is 2. The number of nitrogens with zero attached hydrogens (tertiary/aromatic N) is 2. The van der Waals surface area contributed by atoms with Gasteiger partial charge in [-0.1, -0.05) is 38.7 Å². The van der Waals surface area contributed by atoms with Crippen molar-refractivity contribution in [2.45, 2.75) is 45.4 Å². The summed E-state index contributed by atoms with van der Waals surface area (Å²) in [6.45, 7) is 3.92. The van der Waals surface area contributed by atoms with E-state index in [-0.39, 0.29) is 5.91 Å². The maximum Gasteiger partial charge on any atom is 0.246 e. The lowest BCUT2D eigenvalue weighted by molar-refractivity contribution is -0.124. The average molecular weight is 254 g/mol. The summed E-state index contributed by atoms with van der Waals surface area (Å²) >= 11 is 0. The molecule has 0 atom stereocenters. The van der Waals surface area contributed by atoms with Crippen molar-refractivity contribution in [2.75, 3.05) is 34.2 Å². The van der Waals surface area contributed by atoms with Crippen LogP contribution in [0.25, 0.3) is 0 Å². The van der Waals surface area contributed by atoms with Crippen molar-refractivity contribution in [3.8, 4) is 0 Å². The summed E-state index contributed by atoms with van der Waals surface area (Å²) in [6, 6.07) is 0. The van der Waals surface area contributed by atoms with E-state index >= 15 is 0 Å². The number of amides is 1. The molecule has 0 saturated heterocycles. The first kappa shape index (κ1) is 17.2. The van der Waals surface area contributed by atoms with E-state index in [0.29, 0.717) is 0 Å². The van der Waals surface area contributed by atoms with Crippen molar-refractivity contribution in [1.29, 1.82) is 0 Å². The molecule has 0 spiro atoms. The Kier molecular flexibility index (Phi) is 10.8. The van der Waals surface area contributed by atoms with Crippen LogP contribution in [0.15, 0.2) is 12.2 Å². The summed E-state index contributed by atoms with van der Waals surface area (Å²) in [7, 11) is 5.90. The monoisotopic (exact) mass is 254 g/mol. The van der Waals surface area contributed by atoms with Crippen LogP contribution in [0, 0.1) is 0 Å². The van der Waals surface area contributed by atoms with Crippen molar-refractivity contribution in [1.82, 2.24) is 9.80 Å². The Morgan fingerprint density at radius 1 is 1.00 bits per heavy atom. The molecule has 0 aromatic heterocycles. The van der Waals surface area contributed by atoms with E-state index in [9.17, 15) is 4.79 Å². The normalized spacial score (nSPS) is 11.4. The van der Waals surface area contributed by atoms with Gasteiger partial charge in [0, 0.05) is 20.1 Å². The summed E-state index contributed by atoms with van der Waals surface area (Å²) in [6.07, 6.45) is 11.2. The molecule has 1 amide bonds. The highest BCUT2D eigenvalue weighted by Crippen LogP contribution is 2.05. The molecule has 0 aliphatic carbocycles. The number of allylic oxidation sites excluding steroid dienone is 1. The predicted octanol–water partition coefficient (Wildman–Crippen LogP) is 2.92. The van der Waals surface area contributed by atoms with Crippen LogP contribution < -0.4 is 0 Å². The van der Waals surface area contributed by atoms with E-state index in [1.807, 2.05) is 27.2 Å². The Labute approximate surface area is 113 Å². The first-order chi connectivity index (χ1) is 8.57. The van der Waals surface area contributed by atoms with Crippen LogP contribution in [0.2, 0.25) is 0 Å². The Balaban J connectivity index is 3.60. The summed E-state index contributed by atoms with van der Waals surface area (Å²) in [5, 5.41) is 0. The van der Waals surface area contributed by atoms with E-state index in [0.717, 1.165) is 19.5 Å². The summed E-state index contributed by atoms with van der Waals surface area (Å²) < 4.78 is 0. The predicted molar refractivity (Wildman–Crippen MR) is 78.7 cm³/mol. The number of likely N-dealkylation sites (N-methyl/N-ethyl adjacent to an activating group) is 2. The molecular formula is C15H30N2O. The van der Waals surface area contributed by atoms with Crippen molar-refractivity contribution in [2.24, 2.45) is 0 Å². The van der Waals surface area contributed by atoms with Gasteiger partial charge in [-0.3, -0.25) is 4.79 Å². The molecule has 0 N–H and O–H groups in total. The summed E-state index contributed by atoms with van der Waals surface area (Å²) in [4.78, 5) is 15.6. The number of carbonyl (C=O) groups is 1. The number of carbonyl (C=O) groups excluding carboxylic acids is 1. The molecule has 3 heteroatoms. The zero-order chi connectivity index (χ0) is 13.8. The first-order valence-corrected chi connectivity index (χ1v) is 7.14. The molecule has 0 fully saturated rings. The Bertz CT molecular complexity index is 237. The van der Waals surface area contributed by atoms with Crippen molar-refractivity contribution >= 4 is 5.91 Å². The lowest BCUT2D eigenvalue weighted by Crippen LogP contribution is -2.32. The topological polar surface area (TPSA) is 23.6 Å². The van der Waals surface area contributed by atoms with Gasteiger partial charge in [-0.15, -0.1) is 0 Å². The standard InChI is InChI=1S/C15H30N2O/c1-5-6-7-8-9-10-11-12-15(18)17(4)14-13-16(2)3/h11-12H,5-10,13-14H2,1-4H3. The van der Waals surface area contributed by atoms with E-state index in [1.165, 1.54) is 32.1 Å². The van der Waals surface area contributed by atoms with Crippen LogP contribution in [-0.2, 0) is 4.79 Å². The number of unbranched alkanes of at least 4 members (excludes halogenated alkanes) is 5.